The number of carbonyl (C=O) groups excluding carboxylic acids is 1. The van der Waals surface area contributed by atoms with Gasteiger partial charge in [0.25, 0.3) is 0 Å². The summed E-state index contributed by atoms with van der Waals surface area (Å²) in [5.74, 6) is -0.0581. The number of hydrogen-bond donors (Lipinski definition) is 2. The number of aryl methyl sites for hydroxylation is 2. The molecule has 0 spiro atoms. The Bertz CT molecular complexity index is 443. The van der Waals surface area contributed by atoms with E-state index in [-0.39, 0.29) is 5.91 Å². The van der Waals surface area contributed by atoms with Crippen LogP contribution in [0.25, 0.3) is 0 Å². The highest BCUT2D eigenvalue weighted by Crippen LogP contribution is 2.32. The van der Waals surface area contributed by atoms with Crippen LogP contribution < -0.4 is 11.1 Å². The minimum Gasteiger partial charge on any atom is -0.324 e. The van der Waals surface area contributed by atoms with E-state index < -0.39 is 5.54 Å². The fourth-order valence-corrected chi connectivity index (χ4v) is 2.82. The van der Waals surface area contributed by atoms with E-state index in [9.17, 15) is 4.79 Å². The first-order chi connectivity index (χ1) is 7.92. The smallest absolute Gasteiger partial charge is 0.244 e. The van der Waals surface area contributed by atoms with Crippen molar-refractivity contribution in [1.82, 2.24) is 0 Å². The zero-order valence-corrected chi connectivity index (χ0v) is 11.7. The summed E-state index contributed by atoms with van der Waals surface area (Å²) in [4.78, 5) is 12.1. The van der Waals surface area contributed by atoms with Gasteiger partial charge in [-0.25, -0.2) is 0 Å². The third-order valence-electron chi connectivity index (χ3n) is 3.43. The van der Waals surface area contributed by atoms with Gasteiger partial charge in [-0.2, -0.15) is 0 Å². The Morgan fingerprint density at radius 1 is 1.35 bits per heavy atom. The van der Waals surface area contributed by atoms with Crippen molar-refractivity contribution in [3.63, 3.8) is 0 Å². The molecule has 0 saturated heterocycles. The molecular formula is C13H17BrN2O. The van der Waals surface area contributed by atoms with Crippen molar-refractivity contribution in [2.75, 3.05) is 5.32 Å². The molecule has 1 aliphatic carbocycles. The highest BCUT2D eigenvalue weighted by atomic mass is 79.9. The molecular weight excluding hydrogens is 280 g/mol. The molecule has 0 atom stereocenters. The Kier molecular flexibility index (Phi) is 3.27. The topological polar surface area (TPSA) is 55.1 Å². The maximum Gasteiger partial charge on any atom is 0.244 e. The van der Waals surface area contributed by atoms with E-state index >= 15 is 0 Å². The molecule has 1 saturated carbocycles. The van der Waals surface area contributed by atoms with Gasteiger partial charge < -0.3 is 11.1 Å². The summed E-state index contributed by atoms with van der Waals surface area (Å²) in [6.07, 6.45) is 2.61. The molecule has 0 unspecified atom stereocenters. The molecule has 17 heavy (non-hydrogen) atoms. The van der Waals surface area contributed by atoms with Gasteiger partial charge in [-0.15, -0.1) is 0 Å². The number of anilines is 1. The average molecular weight is 297 g/mol. The molecule has 1 aromatic rings. The van der Waals surface area contributed by atoms with E-state index in [0.29, 0.717) is 0 Å². The Labute approximate surface area is 110 Å². The van der Waals surface area contributed by atoms with Crippen molar-refractivity contribution in [3.8, 4) is 0 Å². The van der Waals surface area contributed by atoms with Crippen molar-refractivity contribution in [2.24, 2.45) is 5.73 Å². The fraction of sp³-hybridized carbons (Fsp3) is 0.462. The van der Waals surface area contributed by atoms with Crippen molar-refractivity contribution in [1.29, 1.82) is 0 Å². The van der Waals surface area contributed by atoms with Gasteiger partial charge in [0.05, 0.1) is 5.54 Å². The van der Waals surface area contributed by atoms with Gasteiger partial charge in [0.15, 0.2) is 0 Å². The molecule has 0 aliphatic heterocycles. The van der Waals surface area contributed by atoms with Gasteiger partial charge in [0.2, 0.25) is 5.91 Å². The zero-order valence-electron chi connectivity index (χ0n) is 10.1. The Morgan fingerprint density at radius 2 is 1.88 bits per heavy atom. The molecule has 1 aromatic carbocycles. The molecule has 0 bridgehead atoms. The van der Waals surface area contributed by atoms with Crippen LogP contribution in [0.4, 0.5) is 5.69 Å². The number of rotatable bonds is 2. The first-order valence-electron chi connectivity index (χ1n) is 5.79. The highest BCUT2D eigenvalue weighted by molar-refractivity contribution is 9.10. The van der Waals surface area contributed by atoms with Crippen molar-refractivity contribution in [2.45, 2.75) is 38.6 Å². The lowest BCUT2D eigenvalue weighted by Gasteiger charge is -2.36. The first kappa shape index (κ1) is 12.6. The molecule has 0 aromatic heterocycles. The first-order valence-corrected chi connectivity index (χ1v) is 6.59. The lowest BCUT2D eigenvalue weighted by Crippen LogP contribution is -2.56. The van der Waals surface area contributed by atoms with E-state index in [0.717, 1.165) is 40.5 Å². The summed E-state index contributed by atoms with van der Waals surface area (Å²) in [6.45, 7) is 3.97. The van der Waals surface area contributed by atoms with Crippen molar-refractivity contribution < 1.29 is 4.79 Å². The molecule has 1 amide bonds. The van der Waals surface area contributed by atoms with Crippen LogP contribution in [0.2, 0.25) is 0 Å². The van der Waals surface area contributed by atoms with Crippen LogP contribution in [0, 0.1) is 13.8 Å². The van der Waals surface area contributed by atoms with Gasteiger partial charge in [0.1, 0.15) is 0 Å². The van der Waals surface area contributed by atoms with E-state index in [4.69, 9.17) is 5.73 Å². The molecule has 3 N–H and O–H groups in total. The zero-order chi connectivity index (χ0) is 12.6. The summed E-state index contributed by atoms with van der Waals surface area (Å²) in [7, 11) is 0. The average Bonchev–Trinajstić information content (AvgIpc) is 2.19. The monoisotopic (exact) mass is 296 g/mol. The number of nitrogens with two attached hydrogens (primary N) is 1. The molecule has 4 heteroatoms. The lowest BCUT2D eigenvalue weighted by atomic mass is 9.77. The predicted molar refractivity (Wildman–Crippen MR) is 73.0 cm³/mol. The predicted octanol–water partition coefficient (Wildman–Crippen LogP) is 2.89. The van der Waals surface area contributed by atoms with Crippen LogP contribution in [0.15, 0.2) is 16.6 Å². The van der Waals surface area contributed by atoms with Crippen LogP contribution >= 0.6 is 15.9 Å². The molecule has 1 aliphatic rings. The third kappa shape index (κ3) is 2.38. The number of amides is 1. The van der Waals surface area contributed by atoms with Gasteiger partial charge >= 0.3 is 0 Å². The molecule has 1 fully saturated rings. The van der Waals surface area contributed by atoms with E-state index in [1.165, 1.54) is 0 Å². The standard InChI is InChI=1S/C13H17BrN2O/c1-8-6-10(14)7-9(2)11(8)16-12(17)13(15)4-3-5-13/h6-7H,3-5,15H2,1-2H3,(H,16,17). The maximum atomic E-state index is 12.1. The minimum atomic E-state index is -0.647. The SMILES string of the molecule is Cc1cc(Br)cc(C)c1NC(=O)C1(N)CCC1. The van der Waals surface area contributed by atoms with Gasteiger partial charge in [-0.05, 0) is 56.4 Å². The molecule has 0 radical (unpaired) electrons. The molecule has 2 rings (SSSR count). The number of nitrogens with one attached hydrogen (secondary N) is 1. The fourth-order valence-electron chi connectivity index (χ4n) is 2.13. The Hall–Kier alpha value is -0.870. The summed E-state index contributed by atoms with van der Waals surface area (Å²) in [6, 6.07) is 3.99. The van der Waals surface area contributed by atoms with Crippen molar-refractivity contribution in [3.05, 3.63) is 27.7 Å². The second kappa shape index (κ2) is 4.42. The molecule has 0 heterocycles. The normalized spacial score (nSPS) is 17.4. The third-order valence-corrected chi connectivity index (χ3v) is 3.89. The Balaban J connectivity index is 2.21. The van der Waals surface area contributed by atoms with Gasteiger partial charge in [0, 0.05) is 10.2 Å². The largest absolute Gasteiger partial charge is 0.324 e. The lowest BCUT2D eigenvalue weighted by molar-refractivity contribution is -0.123. The summed E-state index contributed by atoms with van der Waals surface area (Å²) in [5.41, 5.74) is 8.34. The van der Waals surface area contributed by atoms with Crippen LogP contribution in [-0.2, 0) is 4.79 Å². The van der Waals surface area contributed by atoms with Crippen LogP contribution in [-0.4, -0.2) is 11.4 Å². The summed E-state index contributed by atoms with van der Waals surface area (Å²) in [5, 5.41) is 2.96. The van der Waals surface area contributed by atoms with Gasteiger partial charge in [-0.1, -0.05) is 15.9 Å². The maximum absolute atomic E-state index is 12.1. The van der Waals surface area contributed by atoms with Crippen molar-refractivity contribution >= 4 is 27.5 Å². The summed E-state index contributed by atoms with van der Waals surface area (Å²) < 4.78 is 1.02. The van der Waals surface area contributed by atoms with Crippen LogP contribution in [0.1, 0.15) is 30.4 Å². The highest BCUT2D eigenvalue weighted by Gasteiger charge is 2.40. The number of benzene rings is 1. The second-order valence-electron chi connectivity index (χ2n) is 4.88. The van der Waals surface area contributed by atoms with Crippen LogP contribution in [0.3, 0.4) is 0 Å². The van der Waals surface area contributed by atoms with E-state index in [2.05, 4.69) is 21.2 Å². The molecule has 92 valence electrons. The quantitative estimate of drug-likeness (QED) is 0.882. The Morgan fingerprint density at radius 3 is 2.29 bits per heavy atom. The molecule has 3 nitrogen and oxygen atoms in total. The second-order valence-corrected chi connectivity index (χ2v) is 5.79. The number of hydrogen-bond acceptors (Lipinski definition) is 2. The van der Waals surface area contributed by atoms with Crippen LogP contribution in [0.5, 0.6) is 0 Å². The number of carbonyl (C=O) groups is 1. The van der Waals surface area contributed by atoms with E-state index in [1.54, 1.807) is 0 Å². The van der Waals surface area contributed by atoms with Gasteiger partial charge in [-0.3, -0.25) is 4.79 Å². The summed E-state index contributed by atoms with van der Waals surface area (Å²) >= 11 is 3.44. The number of halogens is 1. The minimum absolute atomic E-state index is 0.0581. The van der Waals surface area contributed by atoms with E-state index in [1.807, 2.05) is 26.0 Å².